The number of ether oxygens (including phenoxy) is 1. The molecule has 0 saturated carbocycles. The van der Waals surface area contributed by atoms with Crippen LogP contribution in [0, 0.1) is 0 Å². The number of nitrogens with zero attached hydrogens (tertiary/aromatic N) is 2. The summed E-state index contributed by atoms with van der Waals surface area (Å²) in [4.78, 5) is 0. The Morgan fingerprint density at radius 1 is 1.00 bits per heavy atom. The minimum absolute atomic E-state index is 0.0501. The highest BCUT2D eigenvalue weighted by molar-refractivity contribution is 5.81. The van der Waals surface area contributed by atoms with Crippen molar-refractivity contribution in [2.75, 3.05) is 6.61 Å². The molecule has 0 aliphatic rings. The molecule has 0 saturated heterocycles. The van der Waals surface area contributed by atoms with E-state index in [1.54, 1.807) is 6.21 Å². The van der Waals surface area contributed by atoms with Crippen LogP contribution >= 0.6 is 0 Å². The van der Waals surface area contributed by atoms with E-state index in [1.807, 2.05) is 24.3 Å². The molecule has 1 aromatic rings. The SMILES string of the molecule is CCCCCCCCCOc1ccc(C=NN=C(N)N)cc1. The Balaban J connectivity index is 2.16. The molecule has 0 radical (unpaired) electrons. The van der Waals surface area contributed by atoms with Gasteiger partial charge in [0.25, 0.3) is 0 Å². The molecule has 0 fully saturated rings. The average molecular weight is 304 g/mol. The summed E-state index contributed by atoms with van der Waals surface area (Å²) in [5.74, 6) is 0.830. The molecule has 0 atom stereocenters. The molecule has 0 bridgehead atoms. The molecule has 5 nitrogen and oxygen atoms in total. The lowest BCUT2D eigenvalue weighted by Crippen LogP contribution is -2.21. The number of benzene rings is 1. The van der Waals surface area contributed by atoms with Gasteiger partial charge in [-0.3, -0.25) is 0 Å². The number of rotatable bonds is 11. The molecule has 0 aromatic heterocycles. The second kappa shape index (κ2) is 11.6. The first-order valence-corrected chi connectivity index (χ1v) is 8.07. The molecule has 1 rings (SSSR count). The molecule has 22 heavy (non-hydrogen) atoms. The fourth-order valence-electron chi connectivity index (χ4n) is 2.06. The van der Waals surface area contributed by atoms with Crippen LogP contribution in [-0.4, -0.2) is 18.8 Å². The third-order valence-corrected chi connectivity index (χ3v) is 3.28. The van der Waals surface area contributed by atoms with E-state index >= 15 is 0 Å². The predicted octanol–water partition coefficient (Wildman–Crippen LogP) is 3.42. The first kappa shape index (κ1) is 18.0. The smallest absolute Gasteiger partial charge is 0.211 e. The van der Waals surface area contributed by atoms with Crippen molar-refractivity contribution in [1.29, 1.82) is 0 Å². The highest BCUT2D eigenvalue weighted by Crippen LogP contribution is 2.13. The Kier molecular flexibility index (Phi) is 9.50. The molecule has 0 spiro atoms. The van der Waals surface area contributed by atoms with E-state index in [1.165, 1.54) is 38.5 Å². The molecule has 0 aliphatic heterocycles. The van der Waals surface area contributed by atoms with E-state index < -0.39 is 0 Å². The minimum atomic E-state index is -0.0501. The van der Waals surface area contributed by atoms with Crippen molar-refractivity contribution in [3.8, 4) is 5.75 Å². The predicted molar refractivity (Wildman–Crippen MR) is 93.3 cm³/mol. The lowest BCUT2D eigenvalue weighted by atomic mass is 10.1. The van der Waals surface area contributed by atoms with Crippen molar-refractivity contribution in [1.82, 2.24) is 0 Å². The highest BCUT2D eigenvalue weighted by Gasteiger charge is 1.95. The Morgan fingerprint density at radius 3 is 2.27 bits per heavy atom. The third-order valence-electron chi connectivity index (χ3n) is 3.28. The van der Waals surface area contributed by atoms with E-state index in [9.17, 15) is 0 Å². The van der Waals surface area contributed by atoms with Gasteiger partial charge >= 0.3 is 0 Å². The van der Waals surface area contributed by atoms with Gasteiger partial charge < -0.3 is 16.2 Å². The van der Waals surface area contributed by atoms with Crippen LogP contribution in [0.3, 0.4) is 0 Å². The second-order valence-electron chi connectivity index (χ2n) is 5.31. The zero-order valence-corrected chi connectivity index (χ0v) is 13.5. The topological polar surface area (TPSA) is 86.0 Å². The van der Waals surface area contributed by atoms with E-state index in [4.69, 9.17) is 16.2 Å². The van der Waals surface area contributed by atoms with Crippen molar-refractivity contribution in [2.24, 2.45) is 21.7 Å². The fourth-order valence-corrected chi connectivity index (χ4v) is 2.06. The molecule has 0 amide bonds. The average Bonchev–Trinajstić information content (AvgIpc) is 2.51. The zero-order chi connectivity index (χ0) is 16.0. The summed E-state index contributed by atoms with van der Waals surface area (Å²) < 4.78 is 5.72. The van der Waals surface area contributed by atoms with Gasteiger partial charge in [0.15, 0.2) is 0 Å². The lowest BCUT2D eigenvalue weighted by Gasteiger charge is -2.06. The molecule has 0 aliphatic carbocycles. The van der Waals surface area contributed by atoms with Gasteiger partial charge in [0.1, 0.15) is 5.75 Å². The van der Waals surface area contributed by atoms with E-state index in [2.05, 4.69) is 17.1 Å². The monoisotopic (exact) mass is 304 g/mol. The summed E-state index contributed by atoms with van der Waals surface area (Å²) in [5.41, 5.74) is 11.3. The quantitative estimate of drug-likeness (QED) is 0.284. The molecule has 1 aromatic carbocycles. The van der Waals surface area contributed by atoms with Gasteiger partial charge in [0.2, 0.25) is 5.96 Å². The maximum atomic E-state index is 5.72. The molecular formula is C17H28N4O. The van der Waals surface area contributed by atoms with E-state index in [-0.39, 0.29) is 5.96 Å². The van der Waals surface area contributed by atoms with Crippen molar-refractivity contribution < 1.29 is 4.74 Å². The van der Waals surface area contributed by atoms with Crippen LogP contribution in [0.25, 0.3) is 0 Å². The fraction of sp³-hybridized carbons (Fsp3) is 0.529. The van der Waals surface area contributed by atoms with Gasteiger partial charge in [0, 0.05) is 0 Å². The molecular weight excluding hydrogens is 276 g/mol. The highest BCUT2D eigenvalue weighted by atomic mass is 16.5. The van der Waals surface area contributed by atoms with Crippen LogP contribution in [0.5, 0.6) is 5.75 Å². The number of guanidine groups is 1. The van der Waals surface area contributed by atoms with Crippen LogP contribution in [0.1, 0.15) is 57.4 Å². The van der Waals surface area contributed by atoms with Crippen LogP contribution in [-0.2, 0) is 0 Å². The number of hydrogen-bond acceptors (Lipinski definition) is 3. The van der Waals surface area contributed by atoms with E-state index in [0.717, 1.165) is 24.3 Å². The summed E-state index contributed by atoms with van der Waals surface area (Å²) in [5, 5.41) is 7.31. The molecule has 122 valence electrons. The second-order valence-corrected chi connectivity index (χ2v) is 5.31. The van der Waals surface area contributed by atoms with Crippen molar-refractivity contribution in [2.45, 2.75) is 51.9 Å². The maximum absolute atomic E-state index is 5.72. The molecule has 0 heterocycles. The molecule has 5 heteroatoms. The van der Waals surface area contributed by atoms with Gasteiger partial charge in [-0.2, -0.15) is 5.10 Å². The summed E-state index contributed by atoms with van der Waals surface area (Å²) in [7, 11) is 0. The Hall–Kier alpha value is -2.04. The Labute approximate surface area is 133 Å². The summed E-state index contributed by atoms with van der Waals surface area (Å²) in [6.45, 7) is 3.01. The van der Waals surface area contributed by atoms with Crippen LogP contribution < -0.4 is 16.2 Å². The van der Waals surface area contributed by atoms with Gasteiger partial charge in [-0.1, -0.05) is 45.4 Å². The minimum Gasteiger partial charge on any atom is -0.494 e. The van der Waals surface area contributed by atoms with E-state index in [0.29, 0.717) is 0 Å². The van der Waals surface area contributed by atoms with Crippen molar-refractivity contribution in [3.63, 3.8) is 0 Å². The number of unbranched alkanes of at least 4 members (excludes halogenated alkanes) is 6. The Bertz CT molecular complexity index is 450. The number of hydrogen-bond donors (Lipinski definition) is 2. The van der Waals surface area contributed by atoms with Gasteiger partial charge in [-0.25, -0.2) is 0 Å². The molecule has 4 N–H and O–H groups in total. The maximum Gasteiger partial charge on any atom is 0.211 e. The third kappa shape index (κ3) is 9.00. The standard InChI is InChI=1S/C17H28N4O/c1-2-3-4-5-6-7-8-13-22-16-11-9-15(10-12-16)14-20-21-17(18)19/h9-12,14H,2-8,13H2,1H3,(H4,18,19,21). The summed E-state index contributed by atoms with van der Waals surface area (Å²) >= 11 is 0. The lowest BCUT2D eigenvalue weighted by molar-refractivity contribution is 0.304. The van der Waals surface area contributed by atoms with Crippen LogP contribution in [0.2, 0.25) is 0 Å². The number of nitrogens with two attached hydrogens (primary N) is 2. The van der Waals surface area contributed by atoms with Crippen LogP contribution in [0.4, 0.5) is 0 Å². The normalized spacial score (nSPS) is 10.8. The summed E-state index contributed by atoms with van der Waals surface area (Å²) in [6.07, 6.45) is 10.6. The van der Waals surface area contributed by atoms with Gasteiger partial charge in [0.05, 0.1) is 12.8 Å². The van der Waals surface area contributed by atoms with Crippen molar-refractivity contribution >= 4 is 12.2 Å². The van der Waals surface area contributed by atoms with Gasteiger partial charge in [-0.05, 0) is 36.2 Å². The first-order valence-electron chi connectivity index (χ1n) is 8.07. The Morgan fingerprint density at radius 2 is 1.64 bits per heavy atom. The first-order chi connectivity index (χ1) is 10.7. The van der Waals surface area contributed by atoms with Crippen LogP contribution in [0.15, 0.2) is 34.5 Å². The molecule has 0 unspecified atom stereocenters. The summed E-state index contributed by atoms with van der Waals surface area (Å²) in [6, 6.07) is 7.70. The zero-order valence-electron chi connectivity index (χ0n) is 13.5. The van der Waals surface area contributed by atoms with Gasteiger partial charge in [-0.15, -0.1) is 5.10 Å². The largest absolute Gasteiger partial charge is 0.494 e. The van der Waals surface area contributed by atoms with Crippen molar-refractivity contribution in [3.05, 3.63) is 29.8 Å².